The number of imidazole rings is 1. The van der Waals surface area contributed by atoms with E-state index >= 15 is 0 Å². The van der Waals surface area contributed by atoms with Crippen LogP contribution in [0.1, 0.15) is 20.8 Å². The Kier molecular flexibility index (Phi) is 5.98. The monoisotopic (exact) mass is 397 g/mol. The summed E-state index contributed by atoms with van der Waals surface area (Å²) in [7, 11) is 1.25. The van der Waals surface area contributed by atoms with Crippen LogP contribution in [0.15, 0.2) is 61.1 Å². The summed E-state index contributed by atoms with van der Waals surface area (Å²) >= 11 is 0. The molecule has 0 bridgehead atoms. The molecule has 1 heterocycles. The van der Waals surface area contributed by atoms with Crippen molar-refractivity contribution in [1.29, 1.82) is 0 Å². The Hall–Kier alpha value is -4.01. The van der Waals surface area contributed by atoms with Crippen LogP contribution >= 0.6 is 0 Å². The lowest BCUT2D eigenvalue weighted by Gasteiger charge is -2.09. The van der Waals surface area contributed by atoms with Crippen molar-refractivity contribution in [2.24, 2.45) is 0 Å². The van der Waals surface area contributed by atoms with E-state index in [1.165, 1.54) is 60.6 Å². The summed E-state index contributed by atoms with van der Waals surface area (Å²) in [6, 6.07) is 11.6. The molecule has 0 unspecified atom stereocenters. The van der Waals surface area contributed by atoms with Crippen molar-refractivity contribution in [1.82, 2.24) is 9.55 Å². The van der Waals surface area contributed by atoms with Gasteiger partial charge in [0, 0.05) is 11.4 Å². The zero-order chi connectivity index (χ0) is 20.8. The summed E-state index contributed by atoms with van der Waals surface area (Å²) in [5.41, 5.74) is 1.22. The zero-order valence-corrected chi connectivity index (χ0v) is 15.3. The van der Waals surface area contributed by atoms with Crippen LogP contribution in [0.3, 0.4) is 0 Å². The normalized spacial score (nSPS) is 10.3. The van der Waals surface area contributed by atoms with E-state index in [0.717, 1.165) is 0 Å². The predicted molar refractivity (Wildman–Crippen MR) is 100 cm³/mol. The SMILES string of the molecule is COC(=O)c1cccc(NC(=O)COC(=O)c2cncn2-c2ccc(F)cc2)c1. The molecule has 0 aliphatic carbocycles. The van der Waals surface area contributed by atoms with Gasteiger partial charge in [-0.25, -0.2) is 19.0 Å². The van der Waals surface area contributed by atoms with Crippen LogP contribution in [0, 0.1) is 5.82 Å². The van der Waals surface area contributed by atoms with E-state index in [2.05, 4.69) is 15.0 Å². The van der Waals surface area contributed by atoms with Crippen LogP contribution in [0.4, 0.5) is 10.1 Å². The summed E-state index contributed by atoms with van der Waals surface area (Å²) < 4.78 is 24.1. The summed E-state index contributed by atoms with van der Waals surface area (Å²) in [4.78, 5) is 39.8. The highest BCUT2D eigenvalue weighted by Crippen LogP contribution is 2.14. The molecule has 2 aromatic carbocycles. The maximum atomic E-state index is 13.1. The number of esters is 2. The van der Waals surface area contributed by atoms with Gasteiger partial charge >= 0.3 is 11.9 Å². The molecule has 0 saturated carbocycles. The molecule has 0 spiro atoms. The third kappa shape index (κ3) is 4.83. The average Bonchev–Trinajstić information content (AvgIpc) is 3.22. The number of methoxy groups -OCH3 is 1. The number of nitrogens with zero attached hydrogens (tertiary/aromatic N) is 2. The second kappa shape index (κ2) is 8.79. The number of nitrogens with one attached hydrogen (secondary N) is 1. The Morgan fingerprint density at radius 2 is 1.86 bits per heavy atom. The summed E-state index contributed by atoms with van der Waals surface area (Å²) in [5.74, 6) is -2.31. The van der Waals surface area contributed by atoms with Crippen molar-refractivity contribution < 1.29 is 28.2 Å². The minimum atomic E-state index is -0.773. The molecule has 0 radical (unpaired) electrons. The number of benzene rings is 2. The van der Waals surface area contributed by atoms with Gasteiger partial charge in [-0.15, -0.1) is 0 Å². The second-order valence-electron chi connectivity index (χ2n) is 5.82. The Bertz CT molecular complexity index is 1050. The fraction of sp³-hybridized carbons (Fsp3) is 0.100. The quantitative estimate of drug-likeness (QED) is 0.642. The van der Waals surface area contributed by atoms with Crippen molar-refractivity contribution in [2.45, 2.75) is 0 Å². The first-order valence-corrected chi connectivity index (χ1v) is 8.41. The molecule has 9 heteroatoms. The van der Waals surface area contributed by atoms with E-state index in [1.807, 2.05) is 0 Å². The zero-order valence-electron chi connectivity index (χ0n) is 15.3. The minimum Gasteiger partial charge on any atom is -0.465 e. The number of aromatic nitrogens is 2. The number of hydrogen-bond donors (Lipinski definition) is 1. The molecule has 1 N–H and O–H groups in total. The van der Waals surface area contributed by atoms with Crippen molar-refractivity contribution in [3.8, 4) is 5.69 Å². The van der Waals surface area contributed by atoms with Gasteiger partial charge in [-0.2, -0.15) is 0 Å². The second-order valence-corrected chi connectivity index (χ2v) is 5.82. The van der Waals surface area contributed by atoms with Gasteiger partial charge in [0.15, 0.2) is 12.3 Å². The largest absolute Gasteiger partial charge is 0.465 e. The molecule has 3 aromatic rings. The first kappa shape index (κ1) is 19.7. The average molecular weight is 397 g/mol. The van der Waals surface area contributed by atoms with Crippen molar-refractivity contribution in [3.63, 3.8) is 0 Å². The van der Waals surface area contributed by atoms with Crippen LogP contribution in [-0.2, 0) is 14.3 Å². The molecular weight excluding hydrogens is 381 g/mol. The molecule has 3 rings (SSSR count). The lowest BCUT2D eigenvalue weighted by molar-refractivity contribution is -0.119. The van der Waals surface area contributed by atoms with Gasteiger partial charge < -0.3 is 14.8 Å². The topological polar surface area (TPSA) is 99.5 Å². The maximum Gasteiger partial charge on any atom is 0.357 e. The van der Waals surface area contributed by atoms with Crippen molar-refractivity contribution >= 4 is 23.5 Å². The van der Waals surface area contributed by atoms with Crippen LogP contribution in [0.5, 0.6) is 0 Å². The van der Waals surface area contributed by atoms with E-state index in [-0.39, 0.29) is 11.3 Å². The lowest BCUT2D eigenvalue weighted by atomic mass is 10.2. The summed E-state index contributed by atoms with van der Waals surface area (Å²) in [5, 5.41) is 2.53. The maximum absolute atomic E-state index is 13.1. The van der Waals surface area contributed by atoms with Gasteiger partial charge in [-0.05, 0) is 42.5 Å². The summed E-state index contributed by atoms with van der Waals surface area (Å²) in [6.07, 6.45) is 2.66. The van der Waals surface area contributed by atoms with Crippen molar-refractivity contribution in [3.05, 3.63) is 78.1 Å². The number of carbonyl (C=O) groups excluding carboxylic acids is 3. The number of halogens is 1. The Labute approximate surface area is 164 Å². The molecule has 0 aliphatic rings. The van der Waals surface area contributed by atoms with Crippen LogP contribution in [-0.4, -0.2) is 41.1 Å². The molecule has 148 valence electrons. The van der Waals surface area contributed by atoms with Gasteiger partial charge in [-0.1, -0.05) is 6.07 Å². The molecule has 0 atom stereocenters. The van der Waals surface area contributed by atoms with Gasteiger partial charge in [0.25, 0.3) is 5.91 Å². The minimum absolute atomic E-state index is 0.0806. The smallest absolute Gasteiger partial charge is 0.357 e. The number of ether oxygens (including phenoxy) is 2. The Morgan fingerprint density at radius 3 is 2.59 bits per heavy atom. The van der Waals surface area contributed by atoms with Crippen LogP contribution < -0.4 is 5.32 Å². The highest BCUT2D eigenvalue weighted by Gasteiger charge is 2.16. The first-order chi connectivity index (χ1) is 14.0. The highest BCUT2D eigenvalue weighted by atomic mass is 19.1. The Balaban J connectivity index is 1.62. The molecular formula is C20H16FN3O5. The van der Waals surface area contributed by atoms with E-state index in [4.69, 9.17) is 4.74 Å². The van der Waals surface area contributed by atoms with Crippen LogP contribution in [0.25, 0.3) is 5.69 Å². The molecule has 0 fully saturated rings. The number of anilines is 1. The molecule has 0 saturated heterocycles. The predicted octanol–water partition coefficient (Wildman–Crippen LogP) is 2.59. The fourth-order valence-electron chi connectivity index (χ4n) is 2.50. The molecule has 29 heavy (non-hydrogen) atoms. The third-order valence-electron chi connectivity index (χ3n) is 3.85. The molecule has 8 nitrogen and oxygen atoms in total. The van der Waals surface area contributed by atoms with Gasteiger partial charge in [0.2, 0.25) is 0 Å². The van der Waals surface area contributed by atoms with Gasteiger partial charge in [0.1, 0.15) is 5.82 Å². The van der Waals surface area contributed by atoms with E-state index in [0.29, 0.717) is 11.4 Å². The first-order valence-electron chi connectivity index (χ1n) is 8.41. The van der Waals surface area contributed by atoms with E-state index < -0.39 is 30.3 Å². The number of rotatable bonds is 6. The summed E-state index contributed by atoms with van der Waals surface area (Å²) in [6.45, 7) is -0.546. The van der Waals surface area contributed by atoms with Gasteiger partial charge in [0.05, 0.1) is 25.2 Å². The van der Waals surface area contributed by atoms with E-state index in [9.17, 15) is 18.8 Å². The van der Waals surface area contributed by atoms with E-state index in [1.54, 1.807) is 12.1 Å². The molecule has 1 amide bonds. The van der Waals surface area contributed by atoms with Gasteiger partial charge in [-0.3, -0.25) is 9.36 Å². The molecule has 1 aromatic heterocycles. The highest BCUT2D eigenvalue weighted by molar-refractivity contribution is 5.96. The van der Waals surface area contributed by atoms with Crippen molar-refractivity contribution in [2.75, 3.05) is 19.0 Å². The third-order valence-corrected chi connectivity index (χ3v) is 3.85. The molecule has 0 aliphatic heterocycles. The Morgan fingerprint density at radius 1 is 1.10 bits per heavy atom. The number of carbonyl (C=O) groups is 3. The number of hydrogen-bond acceptors (Lipinski definition) is 6. The lowest BCUT2D eigenvalue weighted by Crippen LogP contribution is -2.22. The fourth-order valence-corrected chi connectivity index (χ4v) is 2.50. The standard InChI is InChI=1S/C20H16FN3O5/c1-28-19(26)13-3-2-4-15(9-13)23-18(25)11-29-20(27)17-10-22-12-24(17)16-7-5-14(21)6-8-16/h2-10,12H,11H2,1H3,(H,23,25). The number of amides is 1. The van der Waals surface area contributed by atoms with Crippen LogP contribution in [0.2, 0.25) is 0 Å².